The smallest absolute Gasteiger partial charge is 0.212 e. The summed E-state index contributed by atoms with van der Waals surface area (Å²) in [5.74, 6) is 2.49. The minimum Gasteiger partial charge on any atom is -0.481 e. The summed E-state index contributed by atoms with van der Waals surface area (Å²) in [4.78, 5) is 7.06. The topological polar surface area (TPSA) is 37.4 Å². The van der Waals surface area contributed by atoms with Gasteiger partial charge in [0.1, 0.15) is 0 Å². The first-order valence-electron chi connectivity index (χ1n) is 7.32. The summed E-state index contributed by atoms with van der Waals surface area (Å²) in [5, 5.41) is 3.57. The van der Waals surface area contributed by atoms with Crippen molar-refractivity contribution in [2.24, 2.45) is 11.8 Å². The lowest BCUT2D eigenvalue weighted by Gasteiger charge is -2.24. The molecule has 1 aromatic rings. The van der Waals surface area contributed by atoms with Crippen LogP contribution in [0.15, 0.2) is 18.3 Å². The summed E-state index contributed by atoms with van der Waals surface area (Å²) in [7, 11) is 1.66. The van der Waals surface area contributed by atoms with Crippen molar-refractivity contribution in [2.75, 3.05) is 20.2 Å². The van der Waals surface area contributed by atoms with E-state index in [9.17, 15) is 0 Å². The molecule has 3 aliphatic rings. The number of hydrogen-bond acceptors (Lipinski definition) is 4. The van der Waals surface area contributed by atoms with Gasteiger partial charge in [-0.1, -0.05) is 6.07 Å². The van der Waals surface area contributed by atoms with E-state index in [1.54, 1.807) is 7.11 Å². The number of nitrogens with zero attached hydrogens (tertiary/aromatic N) is 2. The largest absolute Gasteiger partial charge is 0.481 e. The maximum Gasteiger partial charge on any atom is 0.212 e. The quantitative estimate of drug-likeness (QED) is 0.887. The van der Waals surface area contributed by atoms with Gasteiger partial charge in [0, 0.05) is 30.9 Å². The van der Waals surface area contributed by atoms with Crippen LogP contribution in [0.5, 0.6) is 5.88 Å². The van der Waals surface area contributed by atoms with Crippen molar-refractivity contribution in [2.45, 2.75) is 31.5 Å². The summed E-state index contributed by atoms with van der Waals surface area (Å²) in [5.41, 5.74) is 1.31. The molecule has 102 valence electrons. The second-order valence-corrected chi connectivity index (χ2v) is 6.08. The molecule has 4 atom stereocenters. The highest BCUT2D eigenvalue weighted by atomic mass is 16.5. The first kappa shape index (κ1) is 11.7. The molecule has 4 heteroatoms. The zero-order valence-corrected chi connectivity index (χ0v) is 11.4. The van der Waals surface area contributed by atoms with Gasteiger partial charge in [-0.15, -0.1) is 0 Å². The fourth-order valence-electron chi connectivity index (χ4n) is 4.47. The van der Waals surface area contributed by atoms with Crippen LogP contribution < -0.4 is 10.1 Å². The number of rotatable bonds is 3. The van der Waals surface area contributed by atoms with Gasteiger partial charge in [-0.3, -0.25) is 4.90 Å². The van der Waals surface area contributed by atoms with Gasteiger partial charge in [0.2, 0.25) is 5.88 Å². The Hall–Kier alpha value is -1.13. The van der Waals surface area contributed by atoms with E-state index in [0.29, 0.717) is 5.88 Å². The van der Waals surface area contributed by atoms with Crippen molar-refractivity contribution >= 4 is 0 Å². The fraction of sp³-hybridized carbons (Fsp3) is 0.667. The van der Waals surface area contributed by atoms with Gasteiger partial charge in [0.15, 0.2) is 0 Å². The van der Waals surface area contributed by atoms with Crippen molar-refractivity contribution in [3.8, 4) is 5.88 Å². The Morgan fingerprint density at radius 2 is 2.00 bits per heavy atom. The van der Waals surface area contributed by atoms with Crippen LogP contribution in [-0.4, -0.2) is 42.2 Å². The van der Waals surface area contributed by atoms with E-state index in [-0.39, 0.29) is 0 Å². The lowest BCUT2D eigenvalue weighted by Crippen LogP contribution is -2.33. The lowest BCUT2D eigenvalue weighted by atomic mass is 9.82. The second-order valence-electron chi connectivity index (χ2n) is 6.08. The summed E-state index contributed by atoms with van der Waals surface area (Å²) in [6.07, 6.45) is 4.73. The van der Waals surface area contributed by atoms with Crippen LogP contribution >= 0.6 is 0 Å². The Morgan fingerprint density at radius 1 is 1.26 bits per heavy atom. The third-order valence-corrected chi connectivity index (χ3v) is 5.28. The van der Waals surface area contributed by atoms with E-state index in [2.05, 4.69) is 21.3 Å². The average Bonchev–Trinajstić information content (AvgIpc) is 3.12. The highest BCUT2D eigenvalue weighted by Gasteiger charge is 2.54. The molecule has 4 rings (SSSR count). The molecule has 3 saturated heterocycles. The fourth-order valence-corrected chi connectivity index (χ4v) is 4.47. The molecule has 1 aromatic heterocycles. The minimum absolute atomic E-state index is 0.703. The van der Waals surface area contributed by atoms with E-state index < -0.39 is 0 Å². The van der Waals surface area contributed by atoms with E-state index in [0.717, 1.165) is 30.5 Å². The molecule has 0 saturated carbocycles. The van der Waals surface area contributed by atoms with Crippen LogP contribution in [-0.2, 0) is 6.54 Å². The molecule has 1 N–H and O–H groups in total. The number of nitrogens with one attached hydrogen (secondary N) is 1. The van der Waals surface area contributed by atoms with Crippen molar-refractivity contribution in [1.82, 2.24) is 15.2 Å². The lowest BCUT2D eigenvalue weighted by molar-refractivity contribution is 0.218. The van der Waals surface area contributed by atoms with Crippen molar-refractivity contribution in [3.05, 3.63) is 23.9 Å². The SMILES string of the molecule is COc1ccc(CN2[C@@H]3CC[C@H]2[C@H]2CNC[C@H]23)cn1. The minimum atomic E-state index is 0.703. The van der Waals surface area contributed by atoms with E-state index in [4.69, 9.17) is 4.74 Å². The number of aromatic nitrogens is 1. The molecule has 0 radical (unpaired) electrons. The van der Waals surface area contributed by atoms with Crippen LogP contribution in [0.3, 0.4) is 0 Å². The average molecular weight is 259 g/mol. The Bertz CT molecular complexity index is 443. The Kier molecular flexibility index (Phi) is 2.74. The Labute approximate surface area is 114 Å². The maximum absolute atomic E-state index is 5.12. The molecule has 4 heterocycles. The van der Waals surface area contributed by atoms with E-state index in [1.807, 2.05) is 12.3 Å². The molecule has 3 aliphatic heterocycles. The molecule has 4 nitrogen and oxygen atoms in total. The highest BCUT2D eigenvalue weighted by molar-refractivity contribution is 5.19. The van der Waals surface area contributed by atoms with Gasteiger partial charge in [-0.25, -0.2) is 4.98 Å². The number of pyridine rings is 1. The molecular formula is C15H21N3O. The summed E-state index contributed by atoms with van der Waals surface area (Å²) < 4.78 is 5.12. The first-order chi connectivity index (χ1) is 9.36. The molecule has 0 spiro atoms. The summed E-state index contributed by atoms with van der Waals surface area (Å²) in [6.45, 7) is 3.51. The highest BCUT2D eigenvalue weighted by Crippen LogP contribution is 2.47. The predicted molar refractivity (Wildman–Crippen MR) is 73.0 cm³/mol. The van der Waals surface area contributed by atoms with Gasteiger partial charge in [-0.2, -0.15) is 0 Å². The van der Waals surface area contributed by atoms with Gasteiger partial charge in [-0.05, 0) is 43.3 Å². The zero-order valence-electron chi connectivity index (χ0n) is 11.4. The number of hydrogen-bond donors (Lipinski definition) is 1. The van der Waals surface area contributed by atoms with Crippen LogP contribution in [0, 0.1) is 11.8 Å². The molecule has 0 unspecified atom stereocenters. The van der Waals surface area contributed by atoms with Gasteiger partial charge in [0.25, 0.3) is 0 Å². The van der Waals surface area contributed by atoms with Crippen molar-refractivity contribution in [1.29, 1.82) is 0 Å². The van der Waals surface area contributed by atoms with Crippen LogP contribution in [0.25, 0.3) is 0 Å². The van der Waals surface area contributed by atoms with Gasteiger partial charge < -0.3 is 10.1 Å². The Balaban J connectivity index is 1.51. The standard InChI is InChI=1S/C15H21N3O/c1-19-15-5-2-10(6-17-15)9-18-13-3-4-14(18)12-8-16-7-11(12)13/h2,5-6,11-14,16H,3-4,7-9H2,1H3/t11-,12+,13-,14+. The summed E-state index contributed by atoms with van der Waals surface area (Å²) >= 11 is 0. The van der Waals surface area contributed by atoms with Crippen molar-refractivity contribution < 1.29 is 4.74 Å². The maximum atomic E-state index is 5.12. The van der Waals surface area contributed by atoms with E-state index >= 15 is 0 Å². The van der Waals surface area contributed by atoms with E-state index in [1.165, 1.54) is 31.5 Å². The predicted octanol–water partition coefficient (Wildman–Crippen LogP) is 1.27. The zero-order chi connectivity index (χ0) is 12.8. The molecule has 0 amide bonds. The molecular weight excluding hydrogens is 238 g/mol. The number of methoxy groups -OCH3 is 1. The van der Waals surface area contributed by atoms with Gasteiger partial charge in [0.05, 0.1) is 7.11 Å². The molecule has 19 heavy (non-hydrogen) atoms. The number of fused-ring (bicyclic) bond motifs is 5. The first-order valence-corrected chi connectivity index (χ1v) is 7.32. The monoisotopic (exact) mass is 259 g/mol. The third kappa shape index (κ3) is 1.77. The third-order valence-electron chi connectivity index (χ3n) is 5.28. The number of ether oxygens (including phenoxy) is 1. The molecule has 2 bridgehead atoms. The summed E-state index contributed by atoms with van der Waals surface area (Å²) in [6, 6.07) is 5.71. The van der Waals surface area contributed by atoms with Crippen LogP contribution in [0.1, 0.15) is 18.4 Å². The van der Waals surface area contributed by atoms with Gasteiger partial charge >= 0.3 is 0 Å². The second kappa shape index (κ2) is 4.46. The van der Waals surface area contributed by atoms with Crippen molar-refractivity contribution in [3.63, 3.8) is 0 Å². The molecule has 0 aliphatic carbocycles. The Morgan fingerprint density at radius 3 is 2.58 bits per heavy atom. The normalized spacial score (nSPS) is 36.7. The van der Waals surface area contributed by atoms with Crippen LogP contribution in [0.4, 0.5) is 0 Å². The molecule has 0 aromatic carbocycles. The van der Waals surface area contributed by atoms with Crippen LogP contribution in [0.2, 0.25) is 0 Å². The molecule has 3 fully saturated rings.